The van der Waals surface area contributed by atoms with Crippen LogP contribution in [0.1, 0.15) is 11.6 Å². The highest BCUT2D eigenvalue weighted by Gasteiger charge is 2.18. The lowest BCUT2D eigenvalue weighted by molar-refractivity contribution is 0.147. The fourth-order valence-electron chi connectivity index (χ4n) is 2.18. The van der Waals surface area contributed by atoms with Gasteiger partial charge < -0.3 is 10.6 Å². The Balaban J connectivity index is 1.93. The first-order chi connectivity index (χ1) is 8.16. The fourth-order valence-corrected chi connectivity index (χ4v) is 2.46. The van der Waals surface area contributed by atoms with E-state index in [1.54, 1.807) is 0 Å². The molecular formula is C13H20ClN3. The summed E-state index contributed by atoms with van der Waals surface area (Å²) in [5.41, 5.74) is 7.27. The number of benzene rings is 1. The Morgan fingerprint density at radius 2 is 1.88 bits per heavy atom. The van der Waals surface area contributed by atoms with Crippen LogP contribution in [0.4, 0.5) is 0 Å². The SMILES string of the molecule is CN1CCN(CC(N)c2ccccc2Cl)CC1. The number of hydrogen-bond donors (Lipinski definition) is 1. The molecule has 0 saturated carbocycles. The van der Waals surface area contributed by atoms with Gasteiger partial charge in [0.15, 0.2) is 0 Å². The van der Waals surface area contributed by atoms with Crippen molar-refractivity contribution in [3.05, 3.63) is 34.9 Å². The van der Waals surface area contributed by atoms with Crippen LogP contribution in [0.25, 0.3) is 0 Å². The maximum atomic E-state index is 6.22. The monoisotopic (exact) mass is 253 g/mol. The van der Waals surface area contributed by atoms with Gasteiger partial charge in [0.1, 0.15) is 0 Å². The van der Waals surface area contributed by atoms with E-state index in [9.17, 15) is 0 Å². The molecule has 0 spiro atoms. The van der Waals surface area contributed by atoms with Gasteiger partial charge in [-0.15, -0.1) is 0 Å². The topological polar surface area (TPSA) is 32.5 Å². The molecule has 1 saturated heterocycles. The Hall–Kier alpha value is -0.610. The smallest absolute Gasteiger partial charge is 0.0454 e. The van der Waals surface area contributed by atoms with Crippen molar-refractivity contribution in [2.75, 3.05) is 39.8 Å². The molecule has 2 rings (SSSR count). The molecule has 0 radical (unpaired) electrons. The van der Waals surface area contributed by atoms with Gasteiger partial charge >= 0.3 is 0 Å². The lowest BCUT2D eigenvalue weighted by atomic mass is 10.1. The number of hydrogen-bond acceptors (Lipinski definition) is 3. The van der Waals surface area contributed by atoms with Crippen molar-refractivity contribution in [1.29, 1.82) is 0 Å². The molecule has 0 aromatic heterocycles. The quantitative estimate of drug-likeness (QED) is 0.888. The van der Waals surface area contributed by atoms with Gasteiger partial charge in [-0.25, -0.2) is 0 Å². The Kier molecular flexibility index (Phi) is 4.40. The molecule has 17 heavy (non-hydrogen) atoms. The zero-order chi connectivity index (χ0) is 12.3. The molecule has 1 atom stereocenters. The summed E-state index contributed by atoms with van der Waals surface area (Å²) in [6.45, 7) is 5.31. The molecule has 4 heteroatoms. The maximum Gasteiger partial charge on any atom is 0.0454 e. The number of rotatable bonds is 3. The van der Waals surface area contributed by atoms with E-state index in [0.29, 0.717) is 0 Å². The minimum Gasteiger partial charge on any atom is -0.323 e. The second kappa shape index (κ2) is 5.83. The largest absolute Gasteiger partial charge is 0.323 e. The third-order valence-corrected chi connectivity index (χ3v) is 3.70. The zero-order valence-electron chi connectivity index (χ0n) is 10.3. The van der Waals surface area contributed by atoms with Gasteiger partial charge in [-0.2, -0.15) is 0 Å². The van der Waals surface area contributed by atoms with Crippen LogP contribution in [0.3, 0.4) is 0 Å². The van der Waals surface area contributed by atoms with E-state index >= 15 is 0 Å². The number of nitrogens with two attached hydrogens (primary N) is 1. The number of likely N-dealkylation sites (N-methyl/N-ethyl adjacent to an activating group) is 1. The van der Waals surface area contributed by atoms with E-state index in [4.69, 9.17) is 17.3 Å². The van der Waals surface area contributed by atoms with Gasteiger partial charge in [0.25, 0.3) is 0 Å². The van der Waals surface area contributed by atoms with Crippen LogP contribution >= 0.6 is 11.6 Å². The van der Waals surface area contributed by atoms with Gasteiger partial charge in [0.05, 0.1) is 0 Å². The van der Waals surface area contributed by atoms with Gasteiger partial charge in [-0.3, -0.25) is 4.90 Å². The lowest BCUT2D eigenvalue weighted by Gasteiger charge is -2.34. The molecule has 1 fully saturated rings. The Morgan fingerprint density at radius 3 is 2.53 bits per heavy atom. The van der Waals surface area contributed by atoms with Crippen LogP contribution in [0, 0.1) is 0 Å². The Morgan fingerprint density at radius 1 is 1.24 bits per heavy atom. The average Bonchev–Trinajstić information content (AvgIpc) is 2.32. The van der Waals surface area contributed by atoms with Crippen LogP contribution in [-0.4, -0.2) is 49.6 Å². The van der Waals surface area contributed by atoms with E-state index in [-0.39, 0.29) is 6.04 Å². The highest BCUT2D eigenvalue weighted by atomic mass is 35.5. The maximum absolute atomic E-state index is 6.22. The normalized spacial score (nSPS) is 20.4. The first-order valence-corrected chi connectivity index (χ1v) is 6.45. The third-order valence-electron chi connectivity index (χ3n) is 3.36. The first-order valence-electron chi connectivity index (χ1n) is 6.07. The van der Waals surface area contributed by atoms with E-state index in [2.05, 4.69) is 16.8 Å². The predicted molar refractivity (Wildman–Crippen MR) is 72.3 cm³/mol. The van der Waals surface area contributed by atoms with Crippen molar-refractivity contribution in [3.63, 3.8) is 0 Å². The summed E-state index contributed by atoms with van der Waals surface area (Å²) in [7, 11) is 2.16. The zero-order valence-corrected chi connectivity index (χ0v) is 11.0. The molecule has 0 amide bonds. The summed E-state index contributed by atoms with van der Waals surface area (Å²) >= 11 is 6.15. The standard InChI is InChI=1S/C13H20ClN3/c1-16-6-8-17(9-7-16)10-13(15)11-4-2-3-5-12(11)14/h2-5,13H,6-10,15H2,1H3. The number of piperazine rings is 1. The summed E-state index contributed by atoms with van der Waals surface area (Å²) in [5, 5.41) is 0.772. The lowest BCUT2D eigenvalue weighted by Crippen LogP contribution is -2.46. The van der Waals surface area contributed by atoms with Crippen LogP contribution in [0.5, 0.6) is 0 Å². The van der Waals surface area contributed by atoms with Gasteiger partial charge in [-0.05, 0) is 18.7 Å². The first kappa shape index (κ1) is 12.8. The highest BCUT2D eigenvalue weighted by Crippen LogP contribution is 2.21. The molecule has 1 aliphatic heterocycles. The highest BCUT2D eigenvalue weighted by molar-refractivity contribution is 6.31. The molecule has 1 aromatic rings. The number of halogens is 1. The number of nitrogens with zero attached hydrogens (tertiary/aromatic N) is 2. The second-order valence-electron chi connectivity index (χ2n) is 4.73. The van der Waals surface area contributed by atoms with Crippen molar-refractivity contribution in [1.82, 2.24) is 9.80 Å². The van der Waals surface area contributed by atoms with E-state index in [1.165, 1.54) is 0 Å². The summed E-state index contributed by atoms with van der Waals surface area (Å²) in [5.74, 6) is 0. The van der Waals surface area contributed by atoms with Crippen molar-refractivity contribution < 1.29 is 0 Å². The molecule has 2 N–H and O–H groups in total. The van der Waals surface area contributed by atoms with E-state index in [0.717, 1.165) is 43.3 Å². The molecule has 1 heterocycles. The van der Waals surface area contributed by atoms with Gasteiger partial charge in [-0.1, -0.05) is 29.8 Å². The van der Waals surface area contributed by atoms with Gasteiger partial charge in [0.2, 0.25) is 0 Å². The molecule has 1 unspecified atom stereocenters. The molecule has 94 valence electrons. The average molecular weight is 254 g/mol. The third kappa shape index (κ3) is 3.42. The predicted octanol–water partition coefficient (Wildman–Crippen LogP) is 1.59. The molecule has 1 aromatic carbocycles. The van der Waals surface area contributed by atoms with Gasteiger partial charge in [0, 0.05) is 43.8 Å². The van der Waals surface area contributed by atoms with Crippen molar-refractivity contribution >= 4 is 11.6 Å². The summed E-state index contributed by atoms with van der Waals surface area (Å²) in [6.07, 6.45) is 0. The summed E-state index contributed by atoms with van der Waals surface area (Å²) < 4.78 is 0. The summed E-state index contributed by atoms with van der Waals surface area (Å²) in [4.78, 5) is 4.76. The van der Waals surface area contributed by atoms with Crippen LogP contribution < -0.4 is 5.73 Å². The molecule has 3 nitrogen and oxygen atoms in total. The molecule has 0 aliphatic carbocycles. The van der Waals surface area contributed by atoms with E-state index < -0.39 is 0 Å². The van der Waals surface area contributed by atoms with Crippen LogP contribution in [0.15, 0.2) is 24.3 Å². The Bertz CT molecular complexity index is 361. The molecular weight excluding hydrogens is 234 g/mol. The minimum absolute atomic E-state index is 0.00658. The van der Waals surface area contributed by atoms with E-state index in [1.807, 2.05) is 24.3 Å². The van der Waals surface area contributed by atoms with Crippen molar-refractivity contribution in [2.45, 2.75) is 6.04 Å². The fraction of sp³-hybridized carbons (Fsp3) is 0.538. The van der Waals surface area contributed by atoms with Crippen LogP contribution in [-0.2, 0) is 0 Å². The van der Waals surface area contributed by atoms with Crippen molar-refractivity contribution in [2.24, 2.45) is 5.73 Å². The molecule has 1 aliphatic rings. The van der Waals surface area contributed by atoms with Crippen LogP contribution in [0.2, 0.25) is 5.02 Å². The molecule has 0 bridgehead atoms. The van der Waals surface area contributed by atoms with Crippen molar-refractivity contribution in [3.8, 4) is 0 Å². The summed E-state index contributed by atoms with van der Waals surface area (Å²) in [6, 6.07) is 7.86. The second-order valence-corrected chi connectivity index (χ2v) is 5.14. The Labute approximate surface area is 108 Å². The minimum atomic E-state index is 0.00658.